The van der Waals surface area contributed by atoms with Crippen LogP contribution in [0.15, 0.2) is 72.8 Å². The zero-order valence-electron chi connectivity index (χ0n) is 20.0. The normalized spacial score (nSPS) is 14.4. The molecule has 2 aliphatic heterocycles. The Balaban J connectivity index is 1.47. The Kier molecular flexibility index (Phi) is 5.32. The van der Waals surface area contributed by atoms with Gasteiger partial charge in [-0.05, 0) is 59.5 Å². The topological polar surface area (TPSA) is 135 Å². The number of rotatable bonds is 4. The van der Waals surface area contributed by atoms with Gasteiger partial charge in [0.2, 0.25) is 0 Å². The Morgan fingerprint density at radius 2 is 0.816 bits per heavy atom. The zero-order valence-corrected chi connectivity index (χ0v) is 20.0. The number of benzene rings is 4. The van der Waals surface area contributed by atoms with Crippen LogP contribution in [0.1, 0.15) is 41.4 Å². The summed E-state index contributed by atoms with van der Waals surface area (Å²) in [6.07, 6.45) is 0. The van der Waals surface area contributed by atoms with Crippen molar-refractivity contribution in [3.8, 4) is 0 Å². The van der Waals surface area contributed by atoms with Gasteiger partial charge in [0, 0.05) is 33.0 Å². The SMILES string of the molecule is CB(O)c1ccc(N2C(=O)c3ccc4c5c(ccc(c35)C2=O)C(=O)N(c2ccc(B(O)O)cc2)C4=O)cc1. The fraction of sp³-hybridized carbons (Fsp3) is 0.0370. The van der Waals surface area contributed by atoms with E-state index in [9.17, 15) is 34.3 Å². The smallest absolute Gasteiger partial charge is 0.447 e. The monoisotopic (exact) mass is 504 g/mol. The first-order valence-corrected chi connectivity index (χ1v) is 11.8. The summed E-state index contributed by atoms with van der Waals surface area (Å²) >= 11 is 0. The average molecular weight is 504 g/mol. The highest BCUT2D eigenvalue weighted by molar-refractivity contribution is 6.64. The highest BCUT2D eigenvalue weighted by Crippen LogP contribution is 2.39. The Morgan fingerprint density at radius 1 is 0.500 bits per heavy atom. The number of anilines is 2. The van der Waals surface area contributed by atoms with Crippen molar-refractivity contribution in [2.45, 2.75) is 6.82 Å². The first-order valence-electron chi connectivity index (χ1n) is 11.8. The van der Waals surface area contributed by atoms with E-state index in [4.69, 9.17) is 0 Å². The fourth-order valence-corrected chi connectivity index (χ4v) is 5.04. The number of hydrogen-bond acceptors (Lipinski definition) is 7. The van der Waals surface area contributed by atoms with E-state index in [1.165, 1.54) is 48.5 Å². The van der Waals surface area contributed by atoms with Crippen LogP contribution in [-0.2, 0) is 0 Å². The third kappa shape index (κ3) is 3.33. The Hall–Kier alpha value is -4.57. The van der Waals surface area contributed by atoms with Gasteiger partial charge in [0.15, 0.2) is 0 Å². The van der Waals surface area contributed by atoms with Crippen molar-refractivity contribution in [1.82, 2.24) is 0 Å². The van der Waals surface area contributed by atoms with Crippen LogP contribution in [0.4, 0.5) is 11.4 Å². The van der Waals surface area contributed by atoms with Crippen LogP contribution in [0.2, 0.25) is 6.82 Å². The van der Waals surface area contributed by atoms with Gasteiger partial charge in [-0.1, -0.05) is 31.1 Å². The molecule has 0 atom stereocenters. The molecule has 2 aliphatic rings. The van der Waals surface area contributed by atoms with Gasteiger partial charge in [-0.3, -0.25) is 19.2 Å². The summed E-state index contributed by atoms with van der Waals surface area (Å²) in [7, 11) is -1.69. The largest absolute Gasteiger partial charge is 0.488 e. The van der Waals surface area contributed by atoms with E-state index in [0.29, 0.717) is 11.2 Å². The number of imide groups is 2. The van der Waals surface area contributed by atoms with E-state index >= 15 is 0 Å². The molecule has 0 bridgehead atoms. The number of amides is 4. The van der Waals surface area contributed by atoms with Crippen molar-refractivity contribution in [2.24, 2.45) is 0 Å². The molecule has 0 saturated heterocycles. The maximum Gasteiger partial charge on any atom is 0.488 e. The third-order valence-corrected chi connectivity index (χ3v) is 6.98. The molecule has 184 valence electrons. The molecule has 0 radical (unpaired) electrons. The Morgan fingerprint density at radius 3 is 1.11 bits per heavy atom. The highest BCUT2D eigenvalue weighted by Gasteiger charge is 2.40. The fourth-order valence-electron chi connectivity index (χ4n) is 5.04. The van der Waals surface area contributed by atoms with Gasteiger partial charge in [-0.2, -0.15) is 0 Å². The molecule has 4 aromatic rings. The highest BCUT2D eigenvalue weighted by atomic mass is 16.4. The van der Waals surface area contributed by atoms with Gasteiger partial charge in [0.1, 0.15) is 0 Å². The van der Waals surface area contributed by atoms with E-state index in [0.717, 1.165) is 9.80 Å². The number of hydrogen-bond donors (Lipinski definition) is 3. The predicted octanol–water partition coefficient (Wildman–Crippen LogP) is 0.941. The van der Waals surface area contributed by atoms with Crippen molar-refractivity contribution in [1.29, 1.82) is 0 Å². The summed E-state index contributed by atoms with van der Waals surface area (Å²) in [4.78, 5) is 56.1. The molecule has 0 saturated carbocycles. The minimum Gasteiger partial charge on any atom is -0.447 e. The molecule has 3 N–H and O–H groups in total. The van der Waals surface area contributed by atoms with E-state index in [1.807, 2.05) is 0 Å². The molecule has 0 spiro atoms. The quantitative estimate of drug-likeness (QED) is 0.278. The second-order valence-corrected chi connectivity index (χ2v) is 9.20. The summed E-state index contributed by atoms with van der Waals surface area (Å²) < 4.78 is 0. The summed E-state index contributed by atoms with van der Waals surface area (Å²) in [5.74, 6) is -2.42. The van der Waals surface area contributed by atoms with Crippen LogP contribution in [-0.4, -0.2) is 52.7 Å². The van der Waals surface area contributed by atoms with Crippen LogP contribution < -0.4 is 20.7 Å². The standard InChI is InChI=1S/C27H18B2N2O7/c1-28(36)14-2-6-16(7-3-14)30-24(32)18-10-12-20-23-21(13-11-19(22(18)23)25(30)33)27(35)31(26(20)34)17-8-4-15(5-9-17)29(37)38/h2-13,36-38H,1H3. The second kappa shape index (κ2) is 8.49. The van der Waals surface area contributed by atoms with Crippen LogP contribution in [0.3, 0.4) is 0 Å². The molecule has 4 amide bonds. The lowest BCUT2D eigenvalue weighted by Gasteiger charge is -2.32. The van der Waals surface area contributed by atoms with Crippen molar-refractivity contribution in [3.05, 3.63) is 95.1 Å². The summed E-state index contributed by atoms with van der Waals surface area (Å²) in [6.45, 7) is 0.906. The van der Waals surface area contributed by atoms with Crippen molar-refractivity contribution < 1.29 is 34.3 Å². The van der Waals surface area contributed by atoms with E-state index in [2.05, 4.69) is 0 Å². The number of carbonyl (C=O) groups excluding carboxylic acids is 4. The summed E-state index contributed by atoms with van der Waals surface area (Å²) in [5.41, 5.74) is 2.12. The first-order chi connectivity index (χ1) is 18.2. The van der Waals surface area contributed by atoms with Gasteiger partial charge < -0.3 is 15.1 Å². The van der Waals surface area contributed by atoms with Crippen LogP contribution in [0, 0.1) is 0 Å². The Labute approximate surface area is 216 Å². The molecule has 0 fully saturated rings. The second-order valence-electron chi connectivity index (χ2n) is 9.20. The van der Waals surface area contributed by atoms with E-state index < -0.39 is 37.7 Å². The maximum atomic E-state index is 13.5. The molecule has 0 aromatic heterocycles. The average Bonchev–Trinajstić information content (AvgIpc) is 2.91. The number of carbonyl (C=O) groups is 4. The lowest BCUT2D eigenvalue weighted by Crippen LogP contribution is -2.43. The molecule has 2 heterocycles. The summed E-state index contributed by atoms with van der Waals surface area (Å²) in [6, 6.07) is 18.0. The molecule has 4 aromatic carbocycles. The Bertz CT molecular complexity index is 1500. The molecule has 6 rings (SSSR count). The van der Waals surface area contributed by atoms with Crippen LogP contribution in [0.25, 0.3) is 10.8 Å². The third-order valence-electron chi connectivity index (χ3n) is 6.98. The van der Waals surface area contributed by atoms with Gasteiger partial charge in [-0.25, -0.2) is 9.80 Å². The van der Waals surface area contributed by atoms with Crippen molar-refractivity contribution in [3.63, 3.8) is 0 Å². The van der Waals surface area contributed by atoms with E-state index in [1.54, 1.807) is 31.1 Å². The van der Waals surface area contributed by atoms with Gasteiger partial charge in [0.25, 0.3) is 23.6 Å². The number of nitrogens with zero attached hydrogens (tertiary/aromatic N) is 2. The molecule has 9 nitrogen and oxygen atoms in total. The van der Waals surface area contributed by atoms with Crippen molar-refractivity contribution >= 4 is 70.7 Å². The molecular formula is C27H18B2N2O7. The molecule has 38 heavy (non-hydrogen) atoms. The molecule has 0 aliphatic carbocycles. The lowest BCUT2D eigenvalue weighted by molar-refractivity contribution is 0.0873. The predicted molar refractivity (Wildman–Crippen MR) is 142 cm³/mol. The molecule has 11 heteroatoms. The lowest BCUT2D eigenvalue weighted by atomic mass is 9.64. The van der Waals surface area contributed by atoms with Gasteiger partial charge in [0.05, 0.1) is 11.4 Å². The first kappa shape index (κ1) is 23.8. The minimum atomic E-state index is -1.69. The van der Waals surface area contributed by atoms with Gasteiger partial charge in [-0.15, -0.1) is 0 Å². The van der Waals surface area contributed by atoms with Gasteiger partial charge >= 0.3 is 14.0 Å². The molecule has 0 unspecified atom stereocenters. The van der Waals surface area contributed by atoms with Crippen LogP contribution in [0.5, 0.6) is 0 Å². The molecular weight excluding hydrogens is 486 g/mol. The van der Waals surface area contributed by atoms with Crippen molar-refractivity contribution in [2.75, 3.05) is 9.80 Å². The summed E-state index contributed by atoms with van der Waals surface area (Å²) in [5, 5.41) is 29.0. The maximum absolute atomic E-state index is 13.5. The zero-order chi connectivity index (χ0) is 26.9. The van der Waals surface area contributed by atoms with E-state index in [-0.39, 0.29) is 44.2 Å². The van der Waals surface area contributed by atoms with Crippen LogP contribution >= 0.6 is 0 Å². The minimum absolute atomic E-state index is 0.168.